The quantitative estimate of drug-likeness (QED) is 0.874. The summed E-state index contributed by atoms with van der Waals surface area (Å²) in [4.78, 5) is 19.0. The molecule has 2 aliphatic heterocycles. The second-order valence-corrected chi connectivity index (χ2v) is 6.77. The maximum absolute atomic E-state index is 12.8. The Morgan fingerprint density at radius 3 is 2.92 bits per heavy atom. The molecule has 2 aliphatic rings. The van der Waals surface area contributed by atoms with Crippen LogP contribution in [0.25, 0.3) is 10.9 Å². The molecule has 126 valence electrons. The van der Waals surface area contributed by atoms with Crippen LogP contribution in [-0.2, 0) is 4.74 Å². The molecule has 5 heteroatoms. The fourth-order valence-corrected chi connectivity index (χ4v) is 3.87. The van der Waals surface area contributed by atoms with Gasteiger partial charge in [0.25, 0.3) is 5.91 Å². The largest absolute Gasteiger partial charge is 0.390 e. The first-order chi connectivity index (χ1) is 11.7. The number of amides is 1. The van der Waals surface area contributed by atoms with Gasteiger partial charge in [-0.05, 0) is 49.9 Å². The topological polar surface area (TPSA) is 62.7 Å². The molecule has 1 aromatic carbocycles. The van der Waals surface area contributed by atoms with Crippen molar-refractivity contribution in [3.05, 3.63) is 42.1 Å². The number of ether oxygens (including phenoxy) is 1. The van der Waals surface area contributed by atoms with Crippen LogP contribution < -0.4 is 0 Å². The van der Waals surface area contributed by atoms with E-state index in [4.69, 9.17) is 4.74 Å². The highest BCUT2D eigenvalue weighted by atomic mass is 16.5. The summed E-state index contributed by atoms with van der Waals surface area (Å²) < 4.78 is 5.91. The number of benzene rings is 1. The molecule has 0 saturated carbocycles. The zero-order valence-corrected chi connectivity index (χ0v) is 13.6. The number of aliphatic hydroxyl groups is 1. The fraction of sp³-hybridized carbons (Fsp3) is 0.474. The van der Waals surface area contributed by atoms with Crippen molar-refractivity contribution in [1.29, 1.82) is 0 Å². The van der Waals surface area contributed by atoms with Gasteiger partial charge in [-0.3, -0.25) is 9.78 Å². The number of pyridine rings is 1. The van der Waals surface area contributed by atoms with Crippen molar-refractivity contribution in [3.8, 4) is 0 Å². The zero-order chi connectivity index (χ0) is 16.6. The van der Waals surface area contributed by atoms with Crippen LogP contribution in [-0.4, -0.2) is 52.3 Å². The molecule has 1 atom stereocenters. The Hall–Kier alpha value is -1.98. The molecule has 0 aliphatic carbocycles. The number of hydrogen-bond acceptors (Lipinski definition) is 4. The summed E-state index contributed by atoms with van der Waals surface area (Å²) in [6.07, 6.45) is 4.46. The van der Waals surface area contributed by atoms with Crippen molar-refractivity contribution in [3.63, 3.8) is 0 Å². The fourth-order valence-electron chi connectivity index (χ4n) is 3.87. The summed E-state index contributed by atoms with van der Waals surface area (Å²) in [6.45, 7) is 1.96. The van der Waals surface area contributed by atoms with Gasteiger partial charge in [-0.1, -0.05) is 6.07 Å². The van der Waals surface area contributed by atoms with Crippen LogP contribution in [0.4, 0.5) is 0 Å². The smallest absolute Gasteiger partial charge is 0.253 e. The van der Waals surface area contributed by atoms with Gasteiger partial charge in [-0.15, -0.1) is 0 Å². The number of carbonyl (C=O) groups is 1. The van der Waals surface area contributed by atoms with E-state index in [1.807, 2.05) is 35.2 Å². The molecule has 2 saturated heterocycles. The Bertz CT molecular complexity index is 753. The third-order valence-electron chi connectivity index (χ3n) is 5.37. The molecule has 2 fully saturated rings. The van der Waals surface area contributed by atoms with Gasteiger partial charge in [0.1, 0.15) is 0 Å². The van der Waals surface area contributed by atoms with Crippen molar-refractivity contribution in [2.24, 2.45) is 0 Å². The summed E-state index contributed by atoms with van der Waals surface area (Å²) in [5.41, 5.74) is 1.14. The molecule has 0 bridgehead atoms. The maximum atomic E-state index is 12.8. The number of fused-ring (bicyclic) bond motifs is 1. The third kappa shape index (κ3) is 2.68. The Balaban J connectivity index is 1.49. The van der Waals surface area contributed by atoms with Gasteiger partial charge < -0.3 is 14.7 Å². The van der Waals surface area contributed by atoms with E-state index in [1.165, 1.54) is 0 Å². The van der Waals surface area contributed by atoms with Crippen LogP contribution >= 0.6 is 0 Å². The van der Waals surface area contributed by atoms with Crippen LogP contribution in [0.5, 0.6) is 0 Å². The molecule has 1 amide bonds. The van der Waals surface area contributed by atoms with Crippen molar-refractivity contribution in [1.82, 2.24) is 9.88 Å². The minimum Gasteiger partial charge on any atom is -0.390 e. The minimum absolute atomic E-state index is 0.0425. The Morgan fingerprint density at radius 1 is 1.29 bits per heavy atom. The molecule has 5 nitrogen and oxygen atoms in total. The van der Waals surface area contributed by atoms with Gasteiger partial charge in [0, 0.05) is 36.8 Å². The molecule has 0 radical (unpaired) electrons. The summed E-state index contributed by atoms with van der Waals surface area (Å²) in [5, 5.41) is 11.3. The second-order valence-electron chi connectivity index (χ2n) is 6.77. The van der Waals surface area contributed by atoms with E-state index >= 15 is 0 Å². The van der Waals surface area contributed by atoms with E-state index in [0.717, 1.165) is 23.7 Å². The van der Waals surface area contributed by atoms with Gasteiger partial charge in [-0.2, -0.15) is 0 Å². The number of rotatable bonds is 1. The maximum Gasteiger partial charge on any atom is 0.253 e. The van der Waals surface area contributed by atoms with Crippen molar-refractivity contribution in [2.45, 2.75) is 37.4 Å². The lowest BCUT2D eigenvalue weighted by molar-refractivity contribution is -0.174. The van der Waals surface area contributed by atoms with E-state index < -0.39 is 11.7 Å². The van der Waals surface area contributed by atoms with E-state index in [1.54, 1.807) is 6.20 Å². The first kappa shape index (κ1) is 15.5. The average Bonchev–Trinajstić information content (AvgIpc) is 2.64. The first-order valence-electron chi connectivity index (χ1n) is 8.64. The number of hydrogen-bond donors (Lipinski definition) is 1. The first-order valence-corrected chi connectivity index (χ1v) is 8.64. The van der Waals surface area contributed by atoms with Crippen LogP contribution in [0, 0.1) is 0 Å². The molecule has 1 N–H and O–H groups in total. The zero-order valence-electron chi connectivity index (χ0n) is 13.6. The summed E-state index contributed by atoms with van der Waals surface area (Å²) in [5.74, 6) is 0.0425. The SMILES string of the molecule is O=C(c1ccc2ncccc2c1)N1CCC2(CC1)OCCC[C@H]2O. The van der Waals surface area contributed by atoms with Gasteiger partial charge in [-0.25, -0.2) is 0 Å². The van der Waals surface area contributed by atoms with Crippen molar-refractivity contribution in [2.75, 3.05) is 19.7 Å². The summed E-state index contributed by atoms with van der Waals surface area (Å²) >= 11 is 0. The van der Waals surface area contributed by atoms with Crippen LogP contribution in [0.1, 0.15) is 36.0 Å². The standard InChI is InChI=1S/C19H22N2O3/c22-17-4-2-12-24-19(17)7-10-21(11-8-19)18(23)15-5-6-16-14(13-15)3-1-9-20-16/h1,3,5-6,9,13,17,22H,2,4,7-8,10-12H2/t17-/m1/s1. The molecule has 24 heavy (non-hydrogen) atoms. The summed E-state index contributed by atoms with van der Waals surface area (Å²) in [7, 11) is 0. The van der Waals surface area contributed by atoms with E-state index in [0.29, 0.717) is 38.1 Å². The van der Waals surface area contributed by atoms with E-state index in [2.05, 4.69) is 4.98 Å². The number of aliphatic hydroxyl groups excluding tert-OH is 1. The molecule has 3 heterocycles. The third-order valence-corrected chi connectivity index (χ3v) is 5.37. The van der Waals surface area contributed by atoms with E-state index in [9.17, 15) is 9.90 Å². The lowest BCUT2D eigenvalue weighted by atomic mass is 9.82. The Labute approximate surface area is 141 Å². The lowest BCUT2D eigenvalue weighted by Gasteiger charge is -2.46. The predicted octanol–water partition coefficient (Wildman–Crippen LogP) is 2.38. The second kappa shape index (κ2) is 6.15. The molecule has 1 aromatic heterocycles. The molecular weight excluding hydrogens is 304 g/mol. The van der Waals surface area contributed by atoms with Crippen LogP contribution in [0.3, 0.4) is 0 Å². The van der Waals surface area contributed by atoms with E-state index in [-0.39, 0.29) is 5.91 Å². The lowest BCUT2D eigenvalue weighted by Crippen LogP contribution is -2.56. The normalized spacial score (nSPS) is 23.5. The minimum atomic E-state index is -0.442. The van der Waals surface area contributed by atoms with Gasteiger partial charge >= 0.3 is 0 Å². The van der Waals surface area contributed by atoms with Gasteiger partial charge in [0.2, 0.25) is 0 Å². The van der Waals surface area contributed by atoms with Gasteiger partial charge in [0.15, 0.2) is 0 Å². The number of likely N-dealkylation sites (tertiary alicyclic amines) is 1. The number of nitrogens with zero attached hydrogens (tertiary/aromatic N) is 2. The average molecular weight is 326 g/mol. The Morgan fingerprint density at radius 2 is 2.12 bits per heavy atom. The van der Waals surface area contributed by atoms with Crippen LogP contribution in [0.2, 0.25) is 0 Å². The highest BCUT2D eigenvalue weighted by molar-refractivity contribution is 5.98. The number of aromatic nitrogens is 1. The molecule has 0 unspecified atom stereocenters. The highest BCUT2D eigenvalue weighted by Crippen LogP contribution is 2.35. The highest BCUT2D eigenvalue weighted by Gasteiger charge is 2.44. The molecule has 4 rings (SSSR count). The monoisotopic (exact) mass is 326 g/mol. The van der Waals surface area contributed by atoms with Crippen LogP contribution in [0.15, 0.2) is 36.5 Å². The molecular formula is C19H22N2O3. The molecule has 2 aromatic rings. The summed E-state index contributed by atoms with van der Waals surface area (Å²) in [6, 6.07) is 9.48. The van der Waals surface area contributed by atoms with Gasteiger partial charge in [0.05, 0.1) is 17.2 Å². The Kier molecular flexibility index (Phi) is 3.98. The molecule has 1 spiro atoms. The number of carbonyl (C=O) groups excluding carboxylic acids is 1. The van der Waals surface area contributed by atoms with Crippen molar-refractivity contribution >= 4 is 16.8 Å². The van der Waals surface area contributed by atoms with Crippen molar-refractivity contribution < 1.29 is 14.6 Å². The number of piperidine rings is 1. The predicted molar refractivity (Wildman–Crippen MR) is 90.8 cm³/mol.